The molecular weight excluding hydrogens is 482 g/mol. The van der Waals surface area contributed by atoms with Gasteiger partial charge in [-0.25, -0.2) is 9.79 Å². The summed E-state index contributed by atoms with van der Waals surface area (Å²) in [6.07, 6.45) is -0.113. The number of benzene rings is 2. The van der Waals surface area contributed by atoms with E-state index >= 15 is 0 Å². The van der Waals surface area contributed by atoms with Crippen molar-refractivity contribution >= 4 is 40.4 Å². The molecule has 6 nitrogen and oxygen atoms in total. The molecule has 4 rings (SSSR count). The van der Waals surface area contributed by atoms with Crippen LogP contribution in [0.4, 0.5) is 0 Å². The minimum atomic E-state index is -0.545. The number of allylic oxidation sites excluding steroid dienone is 1. The first-order chi connectivity index (χ1) is 16.8. The van der Waals surface area contributed by atoms with Crippen LogP contribution < -0.4 is 0 Å². The van der Waals surface area contributed by atoms with Crippen LogP contribution in [0.15, 0.2) is 82.0 Å². The Morgan fingerprint density at radius 1 is 1.14 bits per heavy atom. The number of halogens is 1. The van der Waals surface area contributed by atoms with Crippen LogP contribution in [0.25, 0.3) is 0 Å². The quantitative estimate of drug-likeness (QED) is 0.434. The van der Waals surface area contributed by atoms with E-state index in [2.05, 4.69) is 0 Å². The first kappa shape index (κ1) is 25.1. The van der Waals surface area contributed by atoms with Gasteiger partial charge in [-0.2, -0.15) is 0 Å². The van der Waals surface area contributed by atoms with Gasteiger partial charge in [0.05, 0.1) is 29.8 Å². The Kier molecular flexibility index (Phi) is 7.67. The fraction of sp³-hybridized carbons (Fsp3) is 0.296. The number of nitrogens with zero attached hydrogens (tertiary/aromatic N) is 3. The fourth-order valence-corrected chi connectivity index (χ4v) is 5.34. The van der Waals surface area contributed by atoms with Crippen molar-refractivity contribution in [2.45, 2.75) is 45.9 Å². The zero-order valence-corrected chi connectivity index (χ0v) is 21.8. The Morgan fingerprint density at radius 2 is 1.83 bits per heavy atom. The molecule has 0 saturated heterocycles. The number of rotatable bonds is 7. The van der Waals surface area contributed by atoms with Crippen LogP contribution in [0.1, 0.15) is 44.4 Å². The number of carbonyl (C=O) groups excluding carboxylic acids is 2. The summed E-state index contributed by atoms with van der Waals surface area (Å²) in [5, 5.41) is 3.17. The number of amides is 1. The molecule has 0 aromatic heterocycles. The van der Waals surface area contributed by atoms with E-state index in [-0.39, 0.29) is 18.4 Å². The molecule has 35 heavy (non-hydrogen) atoms. The highest BCUT2D eigenvalue weighted by molar-refractivity contribution is 8.16. The summed E-state index contributed by atoms with van der Waals surface area (Å²) < 4.78 is 5.58. The highest BCUT2D eigenvalue weighted by atomic mass is 35.5. The monoisotopic (exact) mass is 509 g/mol. The zero-order chi connectivity index (χ0) is 25.1. The predicted octanol–water partition coefficient (Wildman–Crippen LogP) is 5.92. The van der Waals surface area contributed by atoms with E-state index < -0.39 is 12.0 Å². The van der Waals surface area contributed by atoms with Crippen molar-refractivity contribution in [2.24, 2.45) is 4.99 Å². The van der Waals surface area contributed by atoms with Gasteiger partial charge in [0.25, 0.3) is 0 Å². The van der Waals surface area contributed by atoms with Crippen LogP contribution in [-0.4, -0.2) is 40.0 Å². The molecular formula is C27H28ClN3O3S. The smallest absolute Gasteiger partial charge is 0.338 e. The van der Waals surface area contributed by atoms with E-state index in [0.717, 1.165) is 16.8 Å². The van der Waals surface area contributed by atoms with Gasteiger partial charge < -0.3 is 14.5 Å². The molecule has 1 amide bonds. The summed E-state index contributed by atoms with van der Waals surface area (Å²) in [7, 11) is 1.80. The van der Waals surface area contributed by atoms with Crippen molar-refractivity contribution in [2.75, 3.05) is 7.05 Å². The number of esters is 1. The maximum absolute atomic E-state index is 13.2. The molecule has 2 aromatic rings. The first-order valence-corrected chi connectivity index (χ1v) is 12.7. The summed E-state index contributed by atoms with van der Waals surface area (Å²) >= 11 is 8.06. The average molecular weight is 510 g/mol. The van der Waals surface area contributed by atoms with Crippen LogP contribution in [-0.2, 0) is 20.9 Å². The fourth-order valence-electron chi connectivity index (χ4n) is 4.13. The summed E-state index contributed by atoms with van der Waals surface area (Å²) in [5.74, 6) is -0.466. The normalized spacial score (nSPS) is 17.2. The third kappa shape index (κ3) is 5.46. The van der Waals surface area contributed by atoms with Gasteiger partial charge in [0.15, 0.2) is 5.17 Å². The van der Waals surface area contributed by atoms with E-state index in [0.29, 0.717) is 28.0 Å². The Bertz CT molecular complexity index is 1220. The van der Waals surface area contributed by atoms with E-state index in [1.165, 1.54) is 11.8 Å². The second-order valence-electron chi connectivity index (χ2n) is 8.78. The standard InChI is InChI=1S/C27H28ClN3O3S/c1-17(2)34-26(33)24-18(3)29-27-31(25(24)21-12-8-9-13-22(21)28)20(16-35-27)14-23(32)30(4)15-19-10-6-5-7-11-19/h5-13,16-17,25H,14-15H2,1-4H3/t25-/m0/s1. The molecule has 0 N–H and O–H groups in total. The van der Waals surface area contributed by atoms with Gasteiger partial charge in [-0.05, 0) is 43.4 Å². The molecule has 1 atom stereocenters. The molecule has 0 aliphatic carbocycles. The molecule has 0 fully saturated rings. The lowest BCUT2D eigenvalue weighted by atomic mass is 9.93. The third-order valence-electron chi connectivity index (χ3n) is 5.78. The van der Waals surface area contributed by atoms with Gasteiger partial charge in [-0.3, -0.25) is 4.79 Å². The number of amidine groups is 1. The molecule has 0 radical (unpaired) electrons. The number of fused-ring (bicyclic) bond motifs is 1. The van der Waals surface area contributed by atoms with Crippen molar-refractivity contribution in [1.29, 1.82) is 0 Å². The maximum Gasteiger partial charge on any atom is 0.338 e. The van der Waals surface area contributed by atoms with Crippen molar-refractivity contribution in [3.05, 3.63) is 93.1 Å². The van der Waals surface area contributed by atoms with Crippen LogP contribution >= 0.6 is 23.4 Å². The predicted molar refractivity (Wildman–Crippen MR) is 141 cm³/mol. The topological polar surface area (TPSA) is 62.2 Å². The first-order valence-electron chi connectivity index (χ1n) is 11.4. The van der Waals surface area contributed by atoms with Gasteiger partial charge in [-0.1, -0.05) is 71.9 Å². The lowest BCUT2D eigenvalue weighted by Gasteiger charge is -2.37. The van der Waals surface area contributed by atoms with E-state index in [1.807, 2.05) is 79.6 Å². The molecule has 2 aromatic carbocycles. The molecule has 8 heteroatoms. The van der Waals surface area contributed by atoms with E-state index in [4.69, 9.17) is 21.3 Å². The van der Waals surface area contributed by atoms with Crippen LogP contribution in [0.2, 0.25) is 5.02 Å². The van der Waals surface area contributed by atoms with Crippen molar-refractivity contribution in [1.82, 2.24) is 9.80 Å². The third-order valence-corrected chi connectivity index (χ3v) is 7.02. The highest BCUT2D eigenvalue weighted by Gasteiger charge is 2.42. The molecule has 0 unspecified atom stereocenters. The molecule has 0 bridgehead atoms. The number of carbonyl (C=O) groups is 2. The summed E-state index contributed by atoms with van der Waals surface area (Å²) in [6.45, 7) is 5.95. The number of aliphatic imine (C=N–C) groups is 1. The van der Waals surface area contributed by atoms with Gasteiger partial charge in [0.2, 0.25) is 5.91 Å². The molecule has 0 spiro atoms. The zero-order valence-electron chi connectivity index (χ0n) is 20.2. The average Bonchev–Trinajstić information content (AvgIpc) is 3.20. The Morgan fingerprint density at radius 3 is 2.51 bits per heavy atom. The van der Waals surface area contributed by atoms with Crippen LogP contribution in [0.5, 0.6) is 0 Å². The lowest BCUT2D eigenvalue weighted by molar-refractivity contribution is -0.143. The summed E-state index contributed by atoms with van der Waals surface area (Å²) in [6, 6.07) is 16.8. The second-order valence-corrected chi connectivity index (χ2v) is 10.0. The molecule has 2 aliphatic heterocycles. The van der Waals surface area contributed by atoms with Gasteiger partial charge >= 0.3 is 5.97 Å². The van der Waals surface area contributed by atoms with E-state index in [1.54, 1.807) is 18.0 Å². The molecule has 2 heterocycles. The highest BCUT2D eigenvalue weighted by Crippen LogP contribution is 2.46. The Balaban J connectivity index is 1.65. The number of hydrogen-bond acceptors (Lipinski definition) is 6. The van der Waals surface area contributed by atoms with E-state index in [9.17, 15) is 9.59 Å². The molecule has 182 valence electrons. The second kappa shape index (κ2) is 10.7. The largest absolute Gasteiger partial charge is 0.459 e. The van der Waals surface area contributed by atoms with Crippen molar-refractivity contribution in [3.63, 3.8) is 0 Å². The number of ether oxygens (including phenoxy) is 1. The Hall–Kier alpha value is -3.03. The molecule has 2 aliphatic rings. The lowest BCUT2D eigenvalue weighted by Crippen LogP contribution is -2.38. The minimum Gasteiger partial charge on any atom is -0.459 e. The van der Waals surface area contributed by atoms with Gasteiger partial charge in [-0.15, -0.1) is 0 Å². The number of hydrogen-bond donors (Lipinski definition) is 0. The maximum atomic E-state index is 13.2. The van der Waals surface area contributed by atoms with Gasteiger partial charge in [0.1, 0.15) is 0 Å². The summed E-state index contributed by atoms with van der Waals surface area (Å²) in [5.41, 5.74) is 3.60. The van der Waals surface area contributed by atoms with Crippen molar-refractivity contribution in [3.8, 4) is 0 Å². The summed E-state index contributed by atoms with van der Waals surface area (Å²) in [4.78, 5) is 34.8. The Labute approximate surface area is 215 Å². The minimum absolute atomic E-state index is 0.0301. The van der Waals surface area contributed by atoms with Gasteiger partial charge in [0, 0.05) is 24.3 Å². The van der Waals surface area contributed by atoms with Crippen molar-refractivity contribution < 1.29 is 14.3 Å². The van der Waals surface area contributed by atoms with Crippen LogP contribution in [0.3, 0.4) is 0 Å². The SMILES string of the molecule is CC1=C(C(=O)OC(C)C)[C@H](c2ccccc2Cl)N2C(CC(=O)N(C)Cc3ccccc3)=CSC2=N1. The molecule has 0 saturated carbocycles. The van der Waals surface area contributed by atoms with Crippen LogP contribution in [0, 0.1) is 0 Å². The number of thioether (sulfide) groups is 1.